The van der Waals surface area contributed by atoms with E-state index in [1.807, 2.05) is 0 Å². The number of anilines is 1. The molecule has 3 rings (SSSR count). The molecule has 0 atom stereocenters. The van der Waals surface area contributed by atoms with Crippen LogP contribution in [0.1, 0.15) is 32.6 Å². The number of halogens is 1. The summed E-state index contributed by atoms with van der Waals surface area (Å²) in [6.45, 7) is 2.17. The maximum atomic E-state index is 5.93. The largest absolute Gasteiger partial charge is 0.349 e. The molecule has 1 aliphatic carbocycles. The van der Waals surface area contributed by atoms with Gasteiger partial charge in [0.1, 0.15) is 12.7 Å². The van der Waals surface area contributed by atoms with Crippen LogP contribution in [-0.2, 0) is 0 Å². The highest BCUT2D eigenvalue weighted by Gasteiger charge is 2.29. The van der Waals surface area contributed by atoms with Crippen molar-refractivity contribution in [1.29, 1.82) is 0 Å². The summed E-state index contributed by atoms with van der Waals surface area (Å²) in [5, 5.41) is 7.48. The minimum atomic E-state index is 0.0321. The summed E-state index contributed by atoms with van der Waals surface area (Å²) in [6, 6.07) is 0. The Kier molecular flexibility index (Phi) is 3.06. The fourth-order valence-electron chi connectivity index (χ4n) is 2.36. The number of hydrogen-bond donors (Lipinski definition) is 1. The molecule has 2 aromatic heterocycles. The predicted molar refractivity (Wildman–Crippen MR) is 70.2 cm³/mol. The highest BCUT2D eigenvalue weighted by atomic mass is 35.5. The molecule has 100 valence electrons. The second-order valence-corrected chi connectivity index (χ2v) is 5.30. The van der Waals surface area contributed by atoms with E-state index in [-0.39, 0.29) is 10.8 Å². The van der Waals surface area contributed by atoms with Crippen molar-refractivity contribution in [2.75, 3.05) is 5.32 Å². The van der Waals surface area contributed by atoms with Crippen LogP contribution in [0.2, 0.25) is 5.28 Å². The Morgan fingerprint density at radius 2 is 2.05 bits per heavy atom. The molecule has 19 heavy (non-hydrogen) atoms. The SMILES string of the molecule is CC1(Nc2nc(Cl)nc(-n3cncn3)n2)CCCC1. The highest BCUT2D eigenvalue weighted by Crippen LogP contribution is 2.31. The average Bonchev–Trinajstić information content (AvgIpc) is 2.99. The normalized spacial score (nSPS) is 17.6. The molecule has 1 saturated carbocycles. The second-order valence-electron chi connectivity index (χ2n) is 4.96. The number of hydrogen-bond acceptors (Lipinski definition) is 6. The lowest BCUT2D eigenvalue weighted by atomic mass is 10.0. The maximum absolute atomic E-state index is 5.93. The predicted octanol–water partition coefficient (Wildman–Crippen LogP) is 1.85. The molecular formula is C11H14ClN7. The van der Waals surface area contributed by atoms with Gasteiger partial charge in [0.25, 0.3) is 5.95 Å². The van der Waals surface area contributed by atoms with E-state index in [1.165, 1.54) is 30.2 Å². The van der Waals surface area contributed by atoms with Crippen molar-refractivity contribution in [2.45, 2.75) is 38.1 Å². The standard InChI is InChI=1S/C11H14ClN7/c1-11(4-2-3-5-11)18-9-15-8(12)16-10(17-9)19-7-13-6-14-19/h6-7H,2-5H2,1H3,(H,15,16,17,18). The van der Waals surface area contributed by atoms with E-state index in [0.717, 1.165) is 12.8 Å². The number of aromatic nitrogens is 6. The lowest BCUT2D eigenvalue weighted by Gasteiger charge is -2.25. The van der Waals surface area contributed by atoms with Gasteiger partial charge in [-0.2, -0.15) is 24.7 Å². The van der Waals surface area contributed by atoms with Crippen LogP contribution in [0, 0.1) is 0 Å². The third-order valence-corrected chi connectivity index (χ3v) is 3.51. The first-order chi connectivity index (χ1) is 9.15. The summed E-state index contributed by atoms with van der Waals surface area (Å²) < 4.78 is 1.45. The van der Waals surface area contributed by atoms with Crippen molar-refractivity contribution < 1.29 is 0 Å². The van der Waals surface area contributed by atoms with E-state index < -0.39 is 0 Å². The number of rotatable bonds is 3. The van der Waals surface area contributed by atoms with Crippen LogP contribution in [0.25, 0.3) is 5.95 Å². The molecule has 8 heteroatoms. The van der Waals surface area contributed by atoms with E-state index in [4.69, 9.17) is 11.6 Å². The molecule has 0 radical (unpaired) electrons. The van der Waals surface area contributed by atoms with Crippen LogP contribution in [0.3, 0.4) is 0 Å². The van der Waals surface area contributed by atoms with Crippen molar-refractivity contribution >= 4 is 17.5 Å². The molecule has 2 aromatic rings. The first-order valence-electron chi connectivity index (χ1n) is 6.19. The Hall–Kier alpha value is -1.76. The van der Waals surface area contributed by atoms with Gasteiger partial charge in [0.05, 0.1) is 0 Å². The third kappa shape index (κ3) is 2.65. The summed E-state index contributed by atoms with van der Waals surface area (Å²) in [5.41, 5.74) is 0.0321. The Bertz CT molecular complexity index is 562. The molecule has 1 aliphatic rings. The van der Waals surface area contributed by atoms with Crippen LogP contribution < -0.4 is 5.32 Å². The van der Waals surface area contributed by atoms with Gasteiger partial charge in [-0.15, -0.1) is 0 Å². The Balaban J connectivity index is 1.90. The van der Waals surface area contributed by atoms with Crippen LogP contribution >= 0.6 is 11.6 Å². The van der Waals surface area contributed by atoms with Gasteiger partial charge in [-0.05, 0) is 31.4 Å². The van der Waals surface area contributed by atoms with Gasteiger partial charge in [0, 0.05) is 5.54 Å². The molecule has 0 spiro atoms. The van der Waals surface area contributed by atoms with Gasteiger partial charge in [-0.1, -0.05) is 12.8 Å². The molecule has 2 heterocycles. The smallest absolute Gasteiger partial charge is 0.258 e. The lowest BCUT2D eigenvalue weighted by molar-refractivity contribution is 0.527. The quantitative estimate of drug-likeness (QED) is 0.923. The monoisotopic (exact) mass is 279 g/mol. The molecule has 0 saturated heterocycles. The second kappa shape index (κ2) is 4.73. The van der Waals surface area contributed by atoms with E-state index in [9.17, 15) is 0 Å². The molecular weight excluding hydrogens is 266 g/mol. The zero-order valence-corrected chi connectivity index (χ0v) is 11.3. The maximum Gasteiger partial charge on any atom is 0.258 e. The summed E-state index contributed by atoms with van der Waals surface area (Å²) in [7, 11) is 0. The van der Waals surface area contributed by atoms with Gasteiger partial charge in [-0.25, -0.2) is 4.98 Å². The summed E-state index contributed by atoms with van der Waals surface area (Å²) >= 11 is 5.93. The molecule has 1 N–H and O–H groups in total. The molecule has 0 aromatic carbocycles. The fourth-order valence-corrected chi connectivity index (χ4v) is 2.52. The van der Waals surface area contributed by atoms with Crippen molar-refractivity contribution in [1.82, 2.24) is 29.7 Å². The average molecular weight is 280 g/mol. The molecule has 7 nitrogen and oxygen atoms in total. The fraction of sp³-hybridized carbons (Fsp3) is 0.545. The van der Waals surface area contributed by atoms with E-state index in [2.05, 4.69) is 37.3 Å². The molecule has 1 fully saturated rings. The zero-order chi connectivity index (χ0) is 13.3. The first kappa shape index (κ1) is 12.3. The van der Waals surface area contributed by atoms with E-state index >= 15 is 0 Å². The molecule has 0 aliphatic heterocycles. The minimum absolute atomic E-state index is 0.0321. The summed E-state index contributed by atoms with van der Waals surface area (Å²) in [4.78, 5) is 16.4. The van der Waals surface area contributed by atoms with Gasteiger partial charge in [0.15, 0.2) is 0 Å². The van der Waals surface area contributed by atoms with Gasteiger partial charge in [0.2, 0.25) is 11.2 Å². The first-order valence-corrected chi connectivity index (χ1v) is 6.57. The van der Waals surface area contributed by atoms with Crippen molar-refractivity contribution in [3.63, 3.8) is 0 Å². The van der Waals surface area contributed by atoms with E-state index in [1.54, 1.807) is 0 Å². The Morgan fingerprint density at radius 3 is 2.74 bits per heavy atom. The van der Waals surface area contributed by atoms with Gasteiger partial charge >= 0.3 is 0 Å². The van der Waals surface area contributed by atoms with Gasteiger partial charge in [-0.3, -0.25) is 0 Å². The number of nitrogens with one attached hydrogen (secondary N) is 1. The van der Waals surface area contributed by atoms with Crippen molar-refractivity contribution in [3.05, 3.63) is 17.9 Å². The van der Waals surface area contributed by atoms with Crippen LogP contribution in [0.4, 0.5) is 5.95 Å². The summed E-state index contributed by atoms with van der Waals surface area (Å²) in [5.74, 6) is 0.844. The molecule has 0 bridgehead atoms. The molecule has 0 unspecified atom stereocenters. The van der Waals surface area contributed by atoms with Crippen LogP contribution in [-0.4, -0.2) is 35.3 Å². The van der Waals surface area contributed by atoms with Gasteiger partial charge < -0.3 is 5.32 Å². The minimum Gasteiger partial charge on any atom is -0.349 e. The van der Waals surface area contributed by atoms with E-state index in [0.29, 0.717) is 11.9 Å². The zero-order valence-electron chi connectivity index (χ0n) is 10.5. The molecule has 0 amide bonds. The highest BCUT2D eigenvalue weighted by molar-refractivity contribution is 6.28. The van der Waals surface area contributed by atoms with Crippen molar-refractivity contribution in [3.8, 4) is 5.95 Å². The number of nitrogens with zero attached hydrogens (tertiary/aromatic N) is 6. The Labute approximate surface area is 115 Å². The lowest BCUT2D eigenvalue weighted by Crippen LogP contribution is -2.32. The van der Waals surface area contributed by atoms with Crippen molar-refractivity contribution in [2.24, 2.45) is 0 Å². The summed E-state index contributed by atoms with van der Waals surface area (Å²) in [6.07, 6.45) is 7.59. The Morgan fingerprint density at radius 1 is 1.26 bits per heavy atom. The topological polar surface area (TPSA) is 81.4 Å². The van der Waals surface area contributed by atoms with Crippen LogP contribution in [0.5, 0.6) is 0 Å². The third-order valence-electron chi connectivity index (χ3n) is 3.34. The van der Waals surface area contributed by atoms with Crippen LogP contribution in [0.15, 0.2) is 12.7 Å².